The number of nitrogens with zero attached hydrogens (tertiary/aromatic N) is 1. The summed E-state index contributed by atoms with van der Waals surface area (Å²) < 4.78 is 16.4. The molecular weight excluding hydrogens is 304 g/mol. The predicted octanol–water partition coefficient (Wildman–Crippen LogP) is 2.75. The van der Waals surface area contributed by atoms with Gasteiger partial charge in [0.05, 0.1) is 17.7 Å². The summed E-state index contributed by atoms with van der Waals surface area (Å²) in [6, 6.07) is 7.69. The molecule has 0 amide bonds. The maximum Gasteiger partial charge on any atom is 0.138 e. The zero-order valence-corrected chi connectivity index (χ0v) is 13.2. The Hall–Kier alpha value is -1.56. The van der Waals surface area contributed by atoms with E-state index in [-0.39, 0.29) is 6.10 Å². The third-order valence-electron chi connectivity index (χ3n) is 3.52. The molecule has 0 radical (unpaired) electrons. The molecular formula is C16H19ClN2O3. The molecule has 6 heteroatoms. The molecule has 1 atom stereocenters. The van der Waals surface area contributed by atoms with Gasteiger partial charge in [-0.15, -0.1) is 0 Å². The Bertz CT molecular complexity index is 624. The van der Waals surface area contributed by atoms with Crippen LogP contribution in [0.3, 0.4) is 0 Å². The lowest BCUT2D eigenvalue weighted by atomic mass is 10.1. The first-order valence-corrected chi connectivity index (χ1v) is 7.74. The largest absolute Gasteiger partial charge is 0.486 e. The van der Waals surface area contributed by atoms with Crippen molar-refractivity contribution in [2.75, 3.05) is 19.7 Å². The zero-order valence-electron chi connectivity index (χ0n) is 12.5. The summed E-state index contributed by atoms with van der Waals surface area (Å²) in [6.07, 6.45) is 1.05. The van der Waals surface area contributed by atoms with E-state index in [1.165, 1.54) is 0 Å². The second-order valence-electron chi connectivity index (χ2n) is 5.38. The molecule has 1 N–H and O–H groups in total. The number of ether oxygens (including phenoxy) is 2. The van der Waals surface area contributed by atoms with Crippen molar-refractivity contribution < 1.29 is 14.0 Å². The number of nitrogens with one attached hydrogen (secondary N) is 1. The molecule has 1 aromatic carbocycles. The Labute approximate surface area is 134 Å². The van der Waals surface area contributed by atoms with Crippen molar-refractivity contribution in [1.82, 2.24) is 10.5 Å². The number of aryl methyl sites for hydroxylation is 1. The first kappa shape index (κ1) is 15.3. The maximum atomic E-state index is 6.29. The highest BCUT2D eigenvalue weighted by Gasteiger charge is 2.15. The SMILES string of the molecule is Cc1cc(COc2ccc(C[C@@H]3CNCCO3)cc2Cl)no1. The normalized spacial score (nSPS) is 18.4. The summed E-state index contributed by atoms with van der Waals surface area (Å²) in [4.78, 5) is 0. The lowest BCUT2D eigenvalue weighted by Crippen LogP contribution is -2.39. The summed E-state index contributed by atoms with van der Waals surface area (Å²) in [5.74, 6) is 1.41. The van der Waals surface area contributed by atoms with Crippen LogP contribution in [0, 0.1) is 6.92 Å². The van der Waals surface area contributed by atoms with Gasteiger partial charge in [-0.25, -0.2) is 0 Å². The minimum atomic E-state index is 0.203. The fourth-order valence-electron chi connectivity index (χ4n) is 2.44. The van der Waals surface area contributed by atoms with Gasteiger partial charge in [-0.1, -0.05) is 22.8 Å². The number of rotatable bonds is 5. The molecule has 1 aromatic heterocycles. The van der Waals surface area contributed by atoms with E-state index in [9.17, 15) is 0 Å². The lowest BCUT2D eigenvalue weighted by molar-refractivity contribution is 0.0292. The number of aromatic nitrogens is 1. The summed E-state index contributed by atoms with van der Waals surface area (Å²) in [6.45, 7) is 4.75. The number of hydrogen-bond donors (Lipinski definition) is 1. The molecule has 118 valence electrons. The van der Waals surface area contributed by atoms with Gasteiger partial charge < -0.3 is 19.3 Å². The molecule has 2 heterocycles. The summed E-state index contributed by atoms with van der Waals surface area (Å²) >= 11 is 6.29. The van der Waals surface area contributed by atoms with Crippen LogP contribution in [-0.2, 0) is 17.8 Å². The van der Waals surface area contributed by atoms with Crippen LogP contribution in [-0.4, -0.2) is 31.0 Å². The van der Waals surface area contributed by atoms with E-state index in [1.807, 2.05) is 31.2 Å². The predicted molar refractivity (Wildman–Crippen MR) is 83.3 cm³/mol. The molecule has 0 aliphatic carbocycles. The van der Waals surface area contributed by atoms with Crippen molar-refractivity contribution >= 4 is 11.6 Å². The van der Waals surface area contributed by atoms with Gasteiger partial charge in [0.1, 0.15) is 23.8 Å². The highest BCUT2D eigenvalue weighted by Crippen LogP contribution is 2.27. The van der Waals surface area contributed by atoms with Crippen LogP contribution in [0.5, 0.6) is 5.75 Å². The summed E-state index contributed by atoms with van der Waals surface area (Å²) in [7, 11) is 0. The van der Waals surface area contributed by atoms with Gasteiger partial charge in [-0.3, -0.25) is 0 Å². The quantitative estimate of drug-likeness (QED) is 0.917. The van der Waals surface area contributed by atoms with Crippen LogP contribution in [0.25, 0.3) is 0 Å². The number of hydrogen-bond acceptors (Lipinski definition) is 5. The van der Waals surface area contributed by atoms with Crippen LogP contribution < -0.4 is 10.1 Å². The van der Waals surface area contributed by atoms with Crippen molar-refractivity contribution in [3.8, 4) is 5.75 Å². The Morgan fingerprint density at radius 3 is 3.00 bits per heavy atom. The molecule has 1 saturated heterocycles. The molecule has 0 spiro atoms. The van der Waals surface area contributed by atoms with Crippen molar-refractivity contribution in [1.29, 1.82) is 0 Å². The van der Waals surface area contributed by atoms with E-state index in [2.05, 4.69) is 10.5 Å². The van der Waals surface area contributed by atoms with Crippen LogP contribution >= 0.6 is 11.6 Å². The first-order chi connectivity index (χ1) is 10.7. The molecule has 0 bridgehead atoms. The summed E-state index contributed by atoms with van der Waals surface area (Å²) in [5, 5.41) is 7.81. The molecule has 1 aliphatic heterocycles. The molecule has 2 aromatic rings. The molecule has 0 saturated carbocycles. The fourth-order valence-corrected chi connectivity index (χ4v) is 2.70. The van der Waals surface area contributed by atoms with Crippen molar-refractivity contribution in [2.45, 2.75) is 26.1 Å². The minimum Gasteiger partial charge on any atom is -0.486 e. The van der Waals surface area contributed by atoms with Gasteiger partial charge in [0.2, 0.25) is 0 Å². The van der Waals surface area contributed by atoms with Gasteiger partial charge >= 0.3 is 0 Å². The van der Waals surface area contributed by atoms with Gasteiger partial charge in [0.15, 0.2) is 0 Å². The van der Waals surface area contributed by atoms with Gasteiger partial charge in [-0.2, -0.15) is 0 Å². The van der Waals surface area contributed by atoms with E-state index >= 15 is 0 Å². The van der Waals surface area contributed by atoms with Gasteiger partial charge in [0.25, 0.3) is 0 Å². The van der Waals surface area contributed by atoms with Crippen molar-refractivity contribution in [3.63, 3.8) is 0 Å². The van der Waals surface area contributed by atoms with Crippen LogP contribution in [0.4, 0.5) is 0 Å². The van der Waals surface area contributed by atoms with Gasteiger partial charge in [-0.05, 0) is 31.0 Å². The third kappa shape index (κ3) is 4.00. The van der Waals surface area contributed by atoms with Crippen LogP contribution in [0.2, 0.25) is 5.02 Å². The van der Waals surface area contributed by atoms with E-state index in [0.717, 1.165) is 43.1 Å². The molecule has 0 unspecified atom stereocenters. The maximum absolute atomic E-state index is 6.29. The Kier molecular flexibility index (Phi) is 4.97. The molecule has 22 heavy (non-hydrogen) atoms. The van der Waals surface area contributed by atoms with Crippen molar-refractivity contribution in [2.24, 2.45) is 0 Å². The second-order valence-corrected chi connectivity index (χ2v) is 5.79. The van der Waals surface area contributed by atoms with Crippen LogP contribution in [0.1, 0.15) is 17.0 Å². The molecule has 1 aliphatic rings. The average molecular weight is 323 g/mol. The van der Waals surface area contributed by atoms with E-state index in [4.69, 9.17) is 25.6 Å². The standard InChI is InChI=1S/C16H19ClN2O3/c1-11-6-13(19-22-11)10-21-16-3-2-12(8-15(16)17)7-14-9-18-4-5-20-14/h2-3,6,8,14,18H,4-5,7,9-10H2,1H3/t14-/m1/s1. The molecule has 3 rings (SSSR count). The van der Waals surface area contributed by atoms with Crippen molar-refractivity contribution in [3.05, 3.63) is 46.3 Å². The topological polar surface area (TPSA) is 56.5 Å². The number of morpholine rings is 1. The van der Waals surface area contributed by atoms with Crippen LogP contribution in [0.15, 0.2) is 28.8 Å². The van der Waals surface area contributed by atoms with E-state index in [1.54, 1.807) is 0 Å². The highest BCUT2D eigenvalue weighted by atomic mass is 35.5. The monoisotopic (exact) mass is 322 g/mol. The van der Waals surface area contributed by atoms with E-state index in [0.29, 0.717) is 17.4 Å². The van der Waals surface area contributed by atoms with E-state index < -0.39 is 0 Å². The molecule has 1 fully saturated rings. The average Bonchev–Trinajstić information content (AvgIpc) is 2.93. The first-order valence-electron chi connectivity index (χ1n) is 7.36. The minimum absolute atomic E-state index is 0.203. The third-order valence-corrected chi connectivity index (χ3v) is 3.81. The molecule has 5 nitrogen and oxygen atoms in total. The Balaban J connectivity index is 1.59. The second kappa shape index (κ2) is 7.13. The lowest BCUT2D eigenvalue weighted by Gasteiger charge is -2.23. The zero-order chi connectivity index (χ0) is 15.4. The Morgan fingerprint density at radius 1 is 1.41 bits per heavy atom. The summed E-state index contributed by atoms with van der Waals surface area (Å²) in [5.41, 5.74) is 1.89. The van der Waals surface area contributed by atoms with Gasteiger partial charge in [0, 0.05) is 19.2 Å². The Morgan fingerprint density at radius 2 is 2.32 bits per heavy atom. The number of halogens is 1. The smallest absolute Gasteiger partial charge is 0.138 e. The fraction of sp³-hybridized carbons (Fsp3) is 0.438. The number of benzene rings is 1. The highest BCUT2D eigenvalue weighted by molar-refractivity contribution is 6.32.